The van der Waals surface area contributed by atoms with E-state index in [0.717, 1.165) is 19.1 Å². The van der Waals surface area contributed by atoms with Crippen LogP contribution in [-0.2, 0) is 9.53 Å². The van der Waals surface area contributed by atoms with Gasteiger partial charge in [-0.25, -0.2) is 13.6 Å². The van der Waals surface area contributed by atoms with Crippen LogP contribution in [0.3, 0.4) is 0 Å². The number of ether oxygens (including phenoxy) is 1. The Morgan fingerprint density at radius 3 is 2.60 bits per heavy atom. The number of hydrogen-bond acceptors (Lipinski definition) is 4. The van der Waals surface area contributed by atoms with Gasteiger partial charge < -0.3 is 9.84 Å². The monoisotopic (exact) mass is 365 g/mol. The van der Waals surface area contributed by atoms with Crippen LogP contribution in [0.2, 0.25) is 0 Å². The zero-order valence-corrected chi connectivity index (χ0v) is 13.2. The van der Waals surface area contributed by atoms with Crippen molar-refractivity contribution in [3.8, 4) is 0 Å². The molecule has 1 fully saturated rings. The molecule has 4 nitrogen and oxygen atoms in total. The van der Waals surface area contributed by atoms with Crippen molar-refractivity contribution in [2.75, 3.05) is 6.61 Å². The van der Waals surface area contributed by atoms with Crippen molar-refractivity contribution in [2.45, 2.75) is 44.1 Å². The first-order valence-electron chi connectivity index (χ1n) is 7.56. The van der Waals surface area contributed by atoms with Crippen LogP contribution in [0.1, 0.15) is 26.2 Å². The van der Waals surface area contributed by atoms with Gasteiger partial charge >= 0.3 is 12.1 Å². The van der Waals surface area contributed by atoms with Gasteiger partial charge in [-0.3, -0.25) is 4.99 Å². The van der Waals surface area contributed by atoms with Crippen LogP contribution in [0.5, 0.6) is 0 Å². The number of rotatable bonds is 5. The summed E-state index contributed by atoms with van der Waals surface area (Å²) in [6.45, 7) is 1.47. The van der Waals surface area contributed by atoms with Crippen LogP contribution < -0.4 is 0 Å². The van der Waals surface area contributed by atoms with Gasteiger partial charge in [0.2, 0.25) is 5.67 Å². The first kappa shape index (κ1) is 19.1. The standard InChI is InChI=1S/C16H16F5NO3/c1-2-25-14(24)11(8-22-9-3-4-9)13(23)10-5-6-15(18,7-12(10)17)16(19,20)21/h5-6,8-9,23H,2-4,7H2,1H3. The van der Waals surface area contributed by atoms with E-state index in [-0.39, 0.29) is 18.7 Å². The van der Waals surface area contributed by atoms with Gasteiger partial charge in [-0.2, -0.15) is 13.2 Å². The van der Waals surface area contributed by atoms with E-state index in [4.69, 9.17) is 4.74 Å². The van der Waals surface area contributed by atoms with Crippen LogP contribution in [0.15, 0.2) is 39.9 Å². The van der Waals surface area contributed by atoms with Crippen molar-refractivity contribution in [3.05, 3.63) is 34.9 Å². The summed E-state index contributed by atoms with van der Waals surface area (Å²) in [4.78, 5) is 15.9. The normalized spacial score (nSPS) is 25.4. The van der Waals surface area contributed by atoms with Crippen LogP contribution in [0.4, 0.5) is 22.0 Å². The smallest absolute Gasteiger partial charge is 0.426 e. The summed E-state index contributed by atoms with van der Waals surface area (Å²) >= 11 is 0. The summed E-state index contributed by atoms with van der Waals surface area (Å²) in [5.74, 6) is -3.48. The number of halogens is 5. The lowest BCUT2D eigenvalue weighted by molar-refractivity contribution is -0.212. The molecule has 0 aromatic carbocycles. The number of hydrogen-bond donors (Lipinski definition) is 1. The van der Waals surface area contributed by atoms with Crippen molar-refractivity contribution in [1.29, 1.82) is 0 Å². The van der Waals surface area contributed by atoms with E-state index in [1.165, 1.54) is 6.92 Å². The Morgan fingerprint density at radius 1 is 1.48 bits per heavy atom. The van der Waals surface area contributed by atoms with Gasteiger partial charge in [0.1, 0.15) is 17.2 Å². The zero-order chi connectivity index (χ0) is 18.8. The van der Waals surface area contributed by atoms with Crippen LogP contribution in [0, 0.1) is 0 Å². The van der Waals surface area contributed by atoms with E-state index in [1.807, 2.05) is 0 Å². The molecule has 25 heavy (non-hydrogen) atoms. The van der Waals surface area contributed by atoms with Crippen molar-refractivity contribution in [2.24, 2.45) is 4.99 Å². The SMILES string of the molecule is CCOC(=O)C(C=NC1CC1)=C(O)C1=C(F)CC(F)(C(F)(F)F)C=C1. The molecule has 1 N–H and O–H groups in total. The molecule has 0 aromatic heterocycles. The number of allylic oxidation sites excluding steroid dienone is 3. The summed E-state index contributed by atoms with van der Waals surface area (Å²) in [7, 11) is 0. The van der Waals surface area contributed by atoms with Crippen molar-refractivity contribution < 1.29 is 36.6 Å². The highest BCUT2D eigenvalue weighted by atomic mass is 19.4. The lowest BCUT2D eigenvalue weighted by atomic mass is 9.90. The van der Waals surface area contributed by atoms with Gasteiger partial charge in [0.05, 0.1) is 12.6 Å². The summed E-state index contributed by atoms with van der Waals surface area (Å²) in [6, 6.07) is -0.0262. The van der Waals surface area contributed by atoms with E-state index in [2.05, 4.69) is 4.99 Å². The Labute approximate surface area is 140 Å². The molecule has 1 atom stereocenters. The lowest BCUT2D eigenvalue weighted by Crippen LogP contribution is -2.40. The molecule has 9 heteroatoms. The molecule has 2 rings (SSSR count). The summed E-state index contributed by atoms with van der Waals surface area (Å²) in [5, 5.41) is 10.1. The van der Waals surface area contributed by atoms with E-state index in [9.17, 15) is 31.9 Å². The quantitative estimate of drug-likeness (QED) is 0.263. The summed E-state index contributed by atoms with van der Waals surface area (Å²) in [5.41, 5.74) is -5.07. The molecule has 0 bridgehead atoms. The lowest BCUT2D eigenvalue weighted by Gasteiger charge is -2.27. The number of aliphatic hydroxyl groups is 1. The first-order valence-corrected chi connectivity index (χ1v) is 7.56. The number of alkyl halides is 4. The molecular weight excluding hydrogens is 349 g/mol. The third-order valence-corrected chi connectivity index (χ3v) is 3.66. The molecule has 1 saturated carbocycles. The topological polar surface area (TPSA) is 58.9 Å². The van der Waals surface area contributed by atoms with Gasteiger partial charge in [-0.15, -0.1) is 0 Å². The van der Waals surface area contributed by atoms with Gasteiger partial charge in [-0.05, 0) is 31.9 Å². The Bertz CT molecular complexity index is 674. The minimum absolute atomic E-state index is 0.0262. The van der Waals surface area contributed by atoms with Crippen molar-refractivity contribution >= 4 is 12.2 Å². The van der Waals surface area contributed by atoms with Crippen LogP contribution >= 0.6 is 0 Å². The Hall–Kier alpha value is -2.19. The van der Waals surface area contributed by atoms with Gasteiger partial charge in [0.25, 0.3) is 0 Å². The fourth-order valence-corrected chi connectivity index (χ4v) is 2.06. The summed E-state index contributed by atoms with van der Waals surface area (Å²) < 4.78 is 70.5. The molecule has 0 saturated heterocycles. The van der Waals surface area contributed by atoms with Crippen molar-refractivity contribution in [1.82, 2.24) is 0 Å². The Balaban J connectivity index is 2.38. The zero-order valence-electron chi connectivity index (χ0n) is 13.2. The molecule has 2 aliphatic rings. The average Bonchev–Trinajstić information content (AvgIpc) is 3.30. The maximum Gasteiger partial charge on any atom is 0.426 e. The Kier molecular flexibility index (Phi) is 5.34. The van der Waals surface area contributed by atoms with E-state index in [1.54, 1.807) is 0 Å². The first-order chi connectivity index (χ1) is 11.6. The molecule has 0 radical (unpaired) electrons. The van der Waals surface area contributed by atoms with Crippen LogP contribution in [-0.4, -0.2) is 41.8 Å². The van der Waals surface area contributed by atoms with Crippen molar-refractivity contribution in [3.63, 3.8) is 0 Å². The highest BCUT2D eigenvalue weighted by Gasteiger charge is 2.56. The second kappa shape index (κ2) is 6.97. The number of esters is 1. The second-order valence-electron chi connectivity index (χ2n) is 5.68. The third kappa shape index (κ3) is 4.26. The minimum atomic E-state index is -5.30. The fourth-order valence-electron chi connectivity index (χ4n) is 2.06. The maximum atomic E-state index is 14.0. The Morgan fingerprint density at radius 2 is 2.12 bits per heavy atom. The number of nitrogens with zero attached hydrogens (tertiary/aromatic N) is 1. The van der Waals surface area contributed by atoms with Gasteiger partial charge in [0, 0.05) is 18.2 Å². The minimum Gasteiger partial charge on any atom is -0.506 e. The predicted octanol–water partition coefficient (Wildman–Crippen LogP) is 4.05. The van der Waals surface area contributed by atoms with E-state index < -0.39 is 47.0 Å². The molecule has 2 aliphatic carbocycles. The molecular formula is C16H16F5NO3. The molecule has 0 spiro atoms. The third-order valence-electron chi connectivity index (χ3n) is 3.66. The number of aliphatic imine (C=N–C) groups is 1. The highest BCUT2D eigenvalue weighted by Crippen LogP contribution is 2.44. The number of carbonyl (C=O) groups excluding carboxylic acids is 1. The van der Waals surface area contributed by atoms with Crippen LogP contribution in [0.25, 0.3) is 0 Å². The predicted molar refractivity (Wildman–Crippen MR) is 79.6 cm³/mol. The molecule has 138 valence electrons. The van der Waals surface area contributed by atoms with Gasteiger partial charge in [0.15, 0.2) is 0 Å². The molecule has 0 aromatic rings. The van der Waals surface area contributed by atoms with E-state index >= 15 is 0 Å². The number of carbonyl (C=O) groups is 1. The summed E-state index contributed by atoms with van der Waals surface area (Å²) in [6.07, 6.45) is -3.76. The largest absolute Gasteiger partial charge is 0.506 e. The van der Waals surface area contributed by atoms with E-state index in [0.29, 0.717) is 6.08 Å². The molecule has 0 amide bonds. The average molecular weight is 365 g/mol. The fraction of sp³-hybridized carbons (Fsp3) is 0.500. The van der Waals surface area contributed by atoms with Gasteiger partial charge in [-0.1, -0.05) is 0 Å². The highest BCUT2D eigenvalue weighted by molar-refractivity contribution is 6.10. The number of aliphatic hydroxyl groups excluding tert-OH is 1. The molecule has 0 heterocycles. The molecule has 1 unspecified atom stereocenters. The maximum absolute atomic E-state index is 14.0. The second-order valence-corrected chi connectivity index (χ2v) is 5.68. The molecule has 0 aliphatic heterocycles.